The molecule has 0 radical (unpaired) electrons. The van der Waals surface area contributed by atoms with E-state index >= 15 is 0 Å². The maximum Gasteiger partial charge on any atom is 0.169 e. The fourth-order valence-corrected chi connectivity index (χ4v) is 2.61. The summed E-state index contributed by atoms with van der Waals surface area (Å²) in [6.45, 7) is 9.13. The molecule has 1 aromatic rings. The van der Waals surface area contributed by atoms with Gasteiger partial charge in [0, 0.05) is 20.1 Å². The minimum Gasteiger partial charge on any atom is -0.485 e. The van der Waals surface area contributed by atoms with Crippen LogP contribution in [0.15, 0.2) is 36.9 Å². The Kier molecular flexibility index (Phi) is 5.44. The van der Waals surface area contributed by atoms with Crippen molar-refractivity contribution < 1.29 is 4.74 Å². The summed E-state index contributed by atoms with van der Waals surface area (Å²) in [7, 11) is 1.98. The highest BCUT2D eigenvalue weighted by atomic mass is 32.1. The molecule has 1 N–H and O–H groups in total. The summed E-state index contributed by atoms with van der Waals surface area (Å²) in [5.41, 5.74) is 1.17. The van der Waals surface area contributed by atoms with Gasteiger partial charge in [-0.05, 0) is 31.3 Å². The molecule has 2 rings (SSSR count). The van der Waals surface area contributed by atoms with E-state index in [1.165, 1.54) is 5.69 Å². The van der Waals surface area contributed by atoms with Crippen LogP contribution in [0, 0.1) is 0 Å². The minimum absolute atomic E-state index is 0.105. The average Bonchev–Trinajstić information content (AvgIpc) is 2.51. The molecule has 0 amide bonds. The molecule has 1 aliphatic rings. The molecular weight excluding hydrogens is 282 g/mol. The van der Waals surface area contributed by atoms with Crippen LogP contribution in [0.3, 0.4) is 0 Å². The molecule has 114 valence electrons. The third kappa shape index (κ3) is 3.88. The average molecular weight is 305 g/mol. The SMILES string of the molecule is C=CCNC(=S)N(C)C[C@@H]1CN(CC)c2ccccc2O1. The number of fused-ring (bicyclic) bond motifs is 1. The Labute approximate surface area is 132 Å². The van der Waals surface area contributed by atoms with Crippen molar-refractivity contribution in [2.75, 3.05) is 38.1 Å². The fraction of sp³-hybridized carbons (Fsp3) is 0.438. The molecule has 0 saturated heterocycles. The van der Waals surface area contributed by atoms with Crippen LogP contribution < -0.4 is 15.0 Å². The van der Waals surface area contributed by atoms with E-state index in [0.717, 1.165) is 30.5 Å². The number of para-hydroxylation sites is 2. The quantitative estimate of drug-likeness (QED) is 0.665. The Morgan fingerprint density at radius 3 is 3.05 bits per heavy atom. The first kappa shape index (κ1) is 15.6. The Balaban J connectivity index is 2.00. The first-order valence-corrected chi connectivity index (χ1v) is 7.67. The van der Waals surface area contributed by atoms with Crippen LogP contribution in [0.5, 0.6) is 5.75 Å². The molecule has 0 unspecified atom stereocenters. The molecule has 0 fully saturated rings. The summed E-state index contributed by atoms with van der Waals surface area (Å²) >= 11 is 5.34. The first-order valence-electron chi connectivity index (χ1n) is 7.26. The van der Waals surface area contributed by atoms with E-state index in [1.807, 2.05) is 30.1 Å². The van der Waals surface area contributed by atoms with Crippen molar-refractivity contribution in [2.24, 2.45) is 0 Å². The summed E-state index contributed by atoms with van der Waals surface area (Å²) in [4.78, 5) is 4.36. The molecule has 21 heavy (non-hydrogen) atoms. The van der Waals surface area contributed by atoms with Gasteiger partial charge in [-0.2, -0.15) is 0 Å². The second-order valence-electron chi connectivity index (χ2n) is 5.10. The summed E-state index contributed by atoms with van der Waals surface area (Å²) in [5, 5.41) is 3.86. The Hall–Kier alpha value is -1.75. The number of ether oxygens (including phenoxy) is 1. The predicted molar refractivity (Wildman–Crippen MR) is 92.2 cm³/mol. The molecule has 1 heterocycles. The molecule has 1 aromatic carbocycles. The van der Waals surface area contributed by atoms with Crippen molar-refractivity contribution in [1.29, 1.82) is 0 Å². The van der Waals surface area contributed by atoms with Crippen LogP contribution in [0.2, 0.25) is 0 Å². The summed E-state index contributed by atoms with van der Waals surface area (Å²) < 4.78 is 6.10. The first-order chi connectivity index (χ1) is 10.2. The van der Waals surface area contributed by atoms with Crippen LogP contribution in [0.4, 0.5) is 5.69 Å². The van der Waals surface area contributed by atoms with Gasteiger partial charge in [0.1, 0.15) is 11.9 Å². The highest BCUT2D eigenvalue weighted by Crippen LogP contribution is 2.32. The molecule has 4 nitrogen and oxygen atoms in total. The molecule has 1 aliphatic heterocycles. The van der Waals surface area contributed by atoms with Gasteiger partial charge in [-0.15, -0.1) is 6.58 Å². The zero-order valence-electron chi connectivity index (χ0n) is 12.7. The fourth-order valence-electron chi connectivity index (χ4n) is 2.46. The van der Waals surface area contributed by atoms with E-state index in [9.17, 15) is 0 Å². The lowest BCUT2D eigenvalue weighted by atomic mass is 10.2. The normalized spacial score (nSPS) is 16.7. The second kappa shape index (κ2) is 7.31. The number of rotatable bonds is 5. The second-order valence-corrected chi connectivity index (χ2v) is 5.49. The predicted octanol–water partition coefficient (Wildman–Crippen LogP) is 2.27. The number of nitrogens with zero attached hydrogens (tertiary/aromatic N) is 2. The number of thiocarbonyl (C=S) groups is 1. The van der Waals surface area contributed by atoms with Crippen molar-refractivity contribution in [3.8, 4) is 5.75 Å². The molecule has 0 spiro atoms. The van der Waals surface area contributed by atoms with Gasteiger partial charge in [0.15, 0.2) is 5.11 Å². The van der Waals surface area contributed by atoms with Crippen molar-refractivity contribution in [3.63, 3.8) is 0 Å². The zero-order chi connectivity index (χ0) is 15.2. The van der Waals surface area contributed by atoms with Crippen LogP contribution in [0.1, 0.15) is 6.92 Å². The summed E-state index contributed by atoms with van der Waals surface area (Å²) in [6.07, 6.45) is 1.90. The lowest BCUT2D eigenvalue weighted by Gasteiger charge is -2.37. The number of hydrogen-bond donors (Lipinski definition) is 1. The van der Waals surface area contributed by atoms with E-state index < -0.39 is 0 Å². The monoisotopic (exact) mass is 305 g/mol. The van der Waals surface area contributed by atoms with E-state index in [0.29, 0.717) is 6.54 Å². The molecule has 0 aliphatic carbocycles. The van der Waals surface area contributed by atoms with E-state index in [4.69, 9.17) is 17.0 Å². The maximum absolute atomic E-state index is 6.10. The smallest absolute Gasteiger partial charge is 0.169 e. The van der Waals surface area contributed by atoms with Crippen molar-refractivity contribution in [2.45, 2.75) is 13.0 Å². The van der Waals surface area contributed by atoms with Gasteiger partial charge in [-0.1, -0.05) is 18.2 Å². The molecular formula is C16H23N3OS. The molecule has 0 aromatic heterocycles. The lowest BCUT2D eigenvalue weighted by Crippen LogP contribution is -2.48. The topological polar surface area (TPSA) is 27.7 Å². The van der Waals surface area contributed by atoms with Gasteiger partial charge in [0.05, 0.1) is 18.8 Å². The maximum atomic E-state index is 6.10. The third-order valence-electron chi connectivity index (χ3n) is 3.53. The van der Waals surface area contributed by atoms with Crippen LogP contribution in [-0.2, 0) is 0 Å². The van der Waals surface area contributed by atoms with Gasteiger partial charge in [-0.3, -0.25) is 0 Å². The van der Waals surface area contributed by atoms with Gasteiger partial charge in [0.25, 0.3) is 0 Å². The zero-order valence-corrected chi connectivity index (χ0v) is 13.5. The Morgan fingerprint density at radius 2 is 2.33 bits per heavy atom. The highest BCUT2D eigenvalue weighted by molar-refractivity contribution is 7.80. The third-order valence-corrected chi connectivity index (χ3v) is 3.98. The van der Waals surface area contributed by atoms with Crippen LogP contribution in [-0.4, -0.2) is 49.3 Å². The summed E-state index contributed by atoms with van der Waals surface area (Å²) in [5.74, 6) is 0.953. The molecule has 1 atom stereocenters. The molecule has 0 saturated carbocycles. The minimum atomic E-state index is 0.105. The van der Waals surface area contributed by atoms with Gasteiger partial charge < -0.3 is 19.9 Å². The van der Waals surface area contributed by atoms with Crippen LogP contribution >= 0.6 is 12.2 Å². The number of nitrogens with one attached hydrogen (secondary N) is 1. The Morgan fingerprint density at radius 1 is 1.57 bits per heavy atom. The molecule has 0 bridgehead atoms. The Bertz CT molecular complexity index is 506. The van der Waals surface area contributed by atoms with Crippen molar-refractivity contribution in [1.82, 2.24) is 10.2 Å². The van der Waals surface area contributed by atoms with Gasteiger partial charge >= 0.3 is 0 Å². The number of anilines is 1. The summed E-state index contributed by atoms with van der Waals surface area (Å²) in [6, 6.07) is 8.19. The van der Waals surface area contributed by atoms with Gasteiger partial charge in [-0.25, -0.2) is 0 Å². The lowest BCUT2D eigenvalue weighted by molar-refractivity contribution is 0.168. The van der Waals surface area contributed by atoms with Crippen molar-refractivity contribution in [3.05, 3.63) is 36.9 Å². The van der Waals surface area contributed by atoms with Crippen molar-refractivity contribution >= 4 is 23.0 Å². The standard InChI is InChI=1S/C16H23N3OS/c1-4-10-17-16(21)18(3)11-13-12-19(5-2)14-8-6-7-9-15(14)20-13/h4,6-9,13H,1,5,10-12H2,2-3H3,(H,17,21)/t13-/m1/s1. The number of likely N-dealkylation sites (N-methyl/N-ethyl adjacent to an activating group) is 2. The number of hydrogen-bond acceptors (Lipinski definition) is 3. The van der Waals surface area contributed by atoms with E-state index in [-0.39, 0.29) is 6.10 Å². The highest BCUT2D eigenvalue weighted by Gasteiger charge is 2.25. The van der Waals surface area contributed by atoms with Crippen LogP contribution in [0.25, 0.3) is 0 Å². The van der Waals surface area contributed by atoms with E-state index in [1.54, 1.807) is 6.08 Å². The molecule has 5 heteroatoms. The van der Waals surface area contributed by atoms with Gasteiger partial charge in [0.2, 0.25) is 0 Å². The largest absolute Gasteiger partial charge is 0.485 e. The van der Waals surface area contributed by atoms with E-state index in [2.05, 4.69) is 29.8 Å². The number of benzene rings is 1.